The van der Waals surface area contributed by atoms with Crippen LogP contribution < -0.4 is 0 Å². The third kappa shape index (κ3) is 8.67. The molecule has 0 radical (unpaired) electrons. The summed E-state index contributed by atoms with van der Waals surface area (Å²) in [5.41, 5.74) is -2.04. The van der Waals surface area contributed by atoms with Crippen molar-refractivity contribution >= 4 is 29.1 Å². The molecule has 0 spiro atoms. The molecule has 2 aromatic carbocycles. The van der Waals surface area contributed by atoms with Gasteiger partial charge in [-0.3, -0.25) is 24.0 Å². The summed E-state index contributed by atoms with van der Waals surface area (Å²) in [5, 5.41) is 44.0. The van der Waals surface area contributed by atoms with Crippen LogP contribution in [0.5, 0.6) is 11.5 Å². The third-order valence-corrected chi connectivity index (χ3v) is 11.4. The monoisotopic (exact) mass is 820 g/mol. The number of carbonyl (C=O) groups is 5. The normalized spacial score (nSPS) is 33.0. The molecule has 59 heavy (non-hydrogen) atoms. The maximum absolute atomic E-state index is 14.0. The van der Waals surface area contributed by atoms with Crippen LogP contribution >= 0.6 is 0 Å². The van der Waals surface area contributed by atoms with Crippen LogP contribution in [0.4, 0.5) is 0 Å². The quantitative estimate of drug-likeness (QED) is 0.215. The number of phenolic OH excluding ortho intramolecular Hbond substituents is 2. The highest BCUT2D eigenvalue weighted by Gasteiger charge is 2.44. The van der Waals surface area contributed by atoms with Crippen molar-refractivity contribution in [2.75, 3.05) is 0 Å². The Hall–Kier alpha value is -4.65. The number of carbonyl (C=O) groups excluding carboxylic acids is 4. The molecule has 12 atom stereocenters. The molecular weight excluding hydrogens is 772 g/mol. The zero-order valence-electron chi connectivity index (χ0n) is 33.2. The molecule has 2 aromatic rings. The highest BCUT2D eigenvalue weighted by Crippen LogP contribution is 2.45. The largest absolute Gasteiger partial charge is 0.507 e. The van der Waals surface area contributed by atoms with Gasteiger partial charge in [-0.05, 0) is 83.0 Å². The van der Waals surface area contributed by atoms with Crippen LogP contribution in [-0.4, -0.2) is 117 Å². The molecule has 4 N–H and O–H groups in total. The number of ether oxygens (including phenoxy) is 7. The minimum atomic E-state index is -1.45. The van der Waals surface area contributed by atoms with Crippen molar-refractivity contribution in [3.8, 4) is 11.5 Å². The van der Waals surface area contributed by atoms with Crippen LogP contribution in [0.2, 0.25) is 0 Å². The van der Waals surface area contributed by atoms with E-state index in [1.807, 2.05) is 0 Å². The highest BCUT2D eigenvalue weighted by molar-refractivity contribution is 6.30. The molecular formula is C43H48O16. The lowest BCUT2D eigenvalue weighted by atomic mass is 9.79. The first-order valence-corrected chi connectivity index (χ1v) is 19.7. The molecule has 7 rings (SSSR count). The number of benzene rings is 2. The number of aromatic hydroxyl groups is 2. The van der Waals surface area contributed by atoms with Crippen LogP contribution in [0, 0.1) is 0 Å². The molecule has 5 aliphatic rings. The summed E-state index contributed by atoms with van der Waals surface area (Å²) in [6.07, 6.45) is -2.42. The van der Waals surface area contributed by atoms with E-state index in [0.29, 0.717) is 12.8 Å². The molecule has 4 aliphatic heterocycles. The van der Waals surface area contributed by atoms with E-state index < -0.39 is 109 Å². The zero-order chi connectivity index (χ0) is 42.5. The molecule has 0 unspecified atom stereocenters. The van der Waals surface area contributed by atoms with Gasteiger partial charge in [-0.15, -0.1) is 0 Å². The Kier molecular flexibility index (Phi) is 12.1. The number of aliphatic carboxylic acids is 1. The Morgan fingerprint density at radius 3 is 1.95 bits per heavy atom. The smallest absolute Gasteiger partial charge is 0.306 e. The van der Waals surface area contributed by atoms with Crippen LogP contribution in [0.15, 0.2) is 48.6 Å². The first kappa shape index (κ1) is 42.5. The highest BCUT2D eigenvalue weighted by atomic mass is 16.7. The van der Waals surface area contributed by atoms with E-state index in [4.69, 9.17) is 33.2 Å². The fourth-order valence-electron chi connectivity index (χ4n) is 8.32. The topological polar surface area (TPSA) is 231 Å². The number of hydrogen-bond acceptors (Lipinski definition) is 15. The third-order valence-electron chi connectivity index (χ3n) is 11.4. The zero-order valence-corrected chi connectivity index (χ0v) is 33.2. The molecule has 316 valence electrons. The van der Waals surface area contributed by atoms with Gasteiger partial charge in [-0.25, -0.2) is 0 Å². The Morgan fingerprint density at radius 2 is 1.37 bits per heavy atom. The number of fused-ring (bicyclic) bond motifs is 2. The number of hydrogen-bond donors (Lipinski definition) is 4. The average molecular weight is 821 g/mol. The Bertz CT molecular complexity index is 2080. The predicted molar refractivity (Wildman–Crippen MR) is 203 cm³/mol. The van der Waals surface area contributed by atoms with Crippen LogP contribution in [0.1, 0.15) is 109 Å². The van der Waals surface area contributed by atoms with Gasteiger partial charge in [0.05, 0.1) is 53.7 Å². The first-order valence-electron chi connectivity index (χ1n) is 19.7. The fourth-order valence-corrected chi connectivity index (χ4v) is 8.32. The molecule has 16 nitrogen and oxygen atoms in total. The molecule has 0 saturated carbocycles. The van der Waals surface area contributed by atoms with E-state index in [1.165, 1.54) is 48.6 Å². The molecule has 4 heterocycles. The van der Waals surface area contributed by atoms with Crippen molar-refractivity contribution in [1.29, 1.82) is 0 Å². The number of phenols is 2. The van der Waals surface area contributed by atoms with Gasteiger partial charge in [0.15, 0.2) is 42.0 Å². The second kappa shape index (κ2) is 16.8. The summed E-state index contributed by atoms with van der Waals surface area (Å²) in [6.45, 7) is 8.23. The van der Waals surface area contributed by atoms with E-state index in [0.717, 1.165) is 0 Å². The second-order valence-corrected chi connectivity index (χ2v) is 16.0. The molecule has 0 amide bonds. The fraction of sp³-hybridized carbons (Fsp3) is 0.512. The van der Waals surface area contributed by atoms with E-state index in [2.05, 4.69) is 0 Å². The van der Waals surface area contributed by atoms with Crippen molar-refractivity contribution in [1.82, 2.24) is 0 Å². The molecule has 1 aliphatic carbocycles. The number of carboxylic acid groups (broad SMARTS) is 1. The van der Waals surface area contributed by atoms with Crippen molar-refractivity contribution in [2.24, 2.45) is 0 Å². The maximum Gasteiger partial charge on any atom is 0.306 e. The first-order chi connectivity index (χ1) is 27.9. The minimum Gasteiger partial charge on any atom is -0.507 e. The van der Waals surface area contributed by atoms with Crippen molar-refractivity contribution in [3.63, 3.8) is 0 Å². The summed E-state index contributed by atoms with van der Waals surface area (Å²) in [7, 11) is 0. The van der Waals surface area contributed by atoms with Gasteiger partial charge in [0.25, 0.3) is 0 Å². The Balaban J connectivity index is 1.05. The van der Waals surface area contributed by atoms with E-state index in [1.54, 1.807) is 34.6 Å². The van der Waals surface area contributed by atoms with Crippen molar-refractivity contribution in [3.05, 3.63) is 82.0 Å². The van der Waals surface area contributed by atoms with Crippen molar-refractivity contribution in [2.45, 2.75) is 140 Å². The minimum absolute atomic E-state index is 0.0406. The summed E-state index contributed by atoms with van der Waals surface area (Å²) >= 11 is 0. The number of rotatable bonds is 11. The summed E-state index contributed by atoms with van der Waals surface area (Å²) < 4.78 is 41.6. The van der Waals surface area contributed by atoms with Gasteiger partial charge in [0.1, 0.15) is 29.8 Å². The van der Waals surface area contributed by atoms with E-state index in [9.17, 15) is 44.4 Å². The summed E-state index contributed by atoms with van der Waals surface area (Å²) in [5.74, 6) is -4.04. The van der Waals surface area contributed by atoms with Gasteiger partial charge in [-0.1, -0.05) is 12.1 Å². The average Bonchev–Trinajstić information content (AvgIpc) is 3.16. The number of ketones is 4. The van der Waals surface area contributed by atoms with Gasteiger partial charge in [-0.2, -0.15) is 0 Å². The molecule has 16 heteroatoms. The SMILES string of the molecule is C[C@@H]1O[C@@H](O[C@@H]2[C@H](O)C[C@H](c3ccc4c(c3O)C(=O)c3ccc(C[C@](C)(CC(=O)O)O[C@H]5CC[C@H](O[C@H]6C=CC(=O)[C@H](C)O6)[C@H](C)O5)c(O)c3C4=O)O[C@@H]2C)C=CC1=O. The van der Waals surface area contributed by atoms with Crippen LogP contribution in [-0.2, 0) is 54.0 Å². The lowest BCUT2D eigenvalue weighted by Crippen LogP contribution is -2.48. The number of aliphatic hydroxyl groups excluding tert-OH is 1. The Labute approximate surface area is 339 Å². The van der Waals surface area contributed by atoms with Gasteiger partial charge in [0.2, 0.25) is 0 Å². The van der Waals surface area contributed by atoms with Gasteiger partial charge >= 0.3 is 5.97 Å². The van der Waals surface area contributed by atoms with E-state index >= 15 is 0 Å². The molecule has 0 aromatic heterocycles. The lowest BCUT2D eigenvalue weighted by molar-refractivity contribution is -0.279. The molecule has 0 bridgehead atoms. The van der Waals surface area contributed by atoms with E-state index in [-0.39, 0.29) is 57.8 Å². The lowest BCUT2D eigenvalue weighted by Gasteiger charge is -2.40. The summed E-state index contributed by atoms with van der Waals surface area (Å²) in [4.78, 5) is 63.7. The maximum atomic E-state index is 14.0. The second-order valence-electron chi connectivity index (χ2n) is 16.0. The summed E-state index contributed by atoms with van der Waals surface area (Å²) in [6, 6.07) is 5.54. The van der Waals surface area contributed by atoms with Gasteiger partial charge < -0.3 is 53.6 Å². The Morgan fingerprint density at radius 1 is 0.780 bits per heavy atom. The van der Waals surface area contributed by atoms with Crippen LogP contribution in [0.3, 0.4) is 0 Å². The number of carboxylic acids is 1. The number of aliphatic hydroxyl groups is 1. The predicted octanol–water partition coefficient (Wildman–Crippen LogP) is 3.91. The molecule has 2 fully saturated rings. The molecule has 2 saturated heterocycles. The standard InChI is InChI=1S/C43H48O16/c1-19-27(44)10-13-33(54-19)57-30-12-15-35(56-21(30)3)59-43(5,18-32(47)48)17-23-6-7-25-36(38(23)49)40(51)26-9-8-24(39(50)37(26)41(25)52)31-16-29(46)42(22(4)53-31)58-34-14-11-28(45)20(2)55-34/h6-11,13-14,19-22,29-31,33-35,42,46,49-50H,12,15-18H2,1-5H3,(H,47,48)/t19-,20-,21-,22+,29+,30-,31+,33-,34-,35-,42-,43+/m0/s1. The van der Waals surface area contributed by atoms with Gasteiger partial charge in [0, 0.05) is 36.0 Å². The van der Waals surface area contributed by atoms with Crippen molar-refractivity contribution < 1.29 is 77.6 Å². The van der Waals surface area contributed by atoms with Crippen LogP contribution in [0.25, 0.3) is 0 Å².